The van der Waals surface area contributed by atoms with Gasteiger partial charge in [0.25, 0.3) is 11.8 Å². The summed E-state index contributed by atoms with van der Waals surface area (Å²) in [5, 5.41) is 16.4. The van der Waals surface area contributed by atoms with Gasteiger partial charge in [0.1, 0.15) is 0 Å². The molecule has 0 aromatic carbocycles. The minimum Gasteiger partial charge on any atom is -0.390 e. The summed E-state index contributed by atoms with van der Waals surface area (Å²) in [5.41, 5.74) is 3.33. The van der Waals surface area contributed by atoms with Crippen molar-refractivity contribution in [2.24, 2.45) is 11.8 Å². The van der Waals surface area contributed by atoms with Gasteiger partial charge in [-0.2, -0.15) is 0 Å². The number of methoxy groups -OCH3 is 2. The van der Waals surface area contributed by atoms with Gasteiger partial charge in [-0.3, -0.25) is 29.0 Å². The zero-order valence-corrected chi connectivity index (χ0v) is 27.3. The molecule has 0 spiro atoms. The van der Waals surface area contributed by atoms with Crippen molar-refractivity contribution in [1.82, 2.24) is 21.1 Å². The maximum absolute atomic E-state index is 13.8. The lowest BCUT2D eigenvalue weighted by Crippen LogP contribution is -2.41. The van der Waals surface area contributed by atoms with Gasteiger partial charge in [0, 0.05) is 49.8 Å². The van der Waals surface area contributed by atoms with Gasteiger partial charge < -0.3 is 30.1 Å². The number of carbonyl (C=O) groups is 5. The van der Waals surface area contributed by atoms with Crippen molar-refractivity contribution in [2.75, 3.05) is 14.2 Å². The number of fused-ring (bicyclic) bond motifs is 2. The summed E-state index contributed by atoms with van der Waals surface area (Å²) in [6.07, 6.45) is 8.28. The van der Waals surface area contributed by atoms with Crippen LogP contribution in [0.2, 0.25) is 0 Å². The van der Waals surface area contributed by atoms with Gasteiger partial charge >= 0.3 is 6.47 Å². The summed E-state index contributed by atoms with van der Waals surface area (Å²) in [6, 6.07) is 2.44. The second kappa shape index (κ2) is 17.4. The number of nitrogens with one attached hydrogen (secondary N) is 3. The minimum absolute atomic E-state index is 0.0112. The van der Waals surface area contributed by atoms with Gasteiger partial charge in [0.15, 0.2) is 0 Å². The van der Waals surface area contributed by atoms with Crippen molar-refractivity contribution in [3.8, 4) is 0 Å². The average molecular weight is 651 g/mol. The first-order chi connectivity index (χ1) is 22.4. The van der Waals surface area contributed by atoms with Crippen molar-refractivity contribution in [2.45, 2.75) is 64.9 Å². The topological polar surface area (TPSA) is 182 Å². The maximum atomic E-state index is 13.8. The number of pyridine rings is 1. The Labute approximate surface area is 273 Å². The molecule has 0 radical (unpaired) electrons. The van der Waals surface area contributed by atoms with E-state index in [2.05, 4.69) is 21.1 Å². The molecule has 2 heterocycles. The molecular weight excluding hydrogens is 608 g/mol. The van der Waals surface area contributed by atoms with Crippen LogP contribution in [0.4, 0.5) is 0 Å². The Kier molecular flexibility index (Phi) is 13.6. The molecule has 4 N–H and O–H groups in total. The highest BCUT2D eigenvalue weighted by molar-refractivity contribution is 6.24. The first kappa shape index (κ1) is 36.9. The number of nitrogens with zero attached hydrogens (tertiary/aromatic N) is 1. The van der Waals surface area contributed by atoms with Crippen molar-refractivity contribution in [3.63, 3.8) is 0 Å². The van der Waals surface area contributed by atoms with Gasteiger partial charge in [-0.25, -0.2) is 0 Å². The number of Topliss-reactive ketones (excluding diaryl/α,β-unsaturated/α-hetero) is 1. The zero-order chi connectivity index (χ0) is 34.7. The van der Waals surface area contributed by atoms with Crippen LogP contribution in [0.15, 0.2) is 83.0 Å². The van der Waals surface area contributed by atoms with Crippen LogP contribution in [-0.2, 0) is 33.5 Å². The number of ether oxygens (including phenoxy) is 2. The zero-order valence-electron chi connectivity index (χ0n) is 27.3. The summed E-state index contributed by atoms with van der Waals surface area (Å²) in [7, 11) is 2.93. The number of ketones is 2. The molecule has 2 bridgehead atoms. The molecule has 0 unspecified atom stereocenters. The summed E-state index contributed by atoms with van der Waals surface area (Å²) >= 11 is 0. The molecule has 1 aliphatic carbocycles. The molecule has 0 saturated heterocycles. The summed E-state index contributed by atoms with van der Waals surface area (Å²) in [4.78, 5) is 73.1. The third kappa shape index (κ3) is 9.72. The predicted molar refractivity (Wildman–Crippen MR) is 171 cm³/mol. The smallest absolute Gasteiger partial charge is 0.312 e. The van der Waals surface area contributed by atoms with Crippen LogP contribution in [0.3, 0.4) is 0 Å². The highest BCUT2D eigenvalue weighted by Crippen LogP contribution is 2.28. The van der Waals surface area contributed by atoms with Gasteiger partial charge in [0.05, 0.1) is 41.3 Å². The Morgan fingerprint density at radius 2 is 1.89 bits per heavy atom. The standard InChI is InChI=1S/C34H42N4O9/c1-19-13-24-30(37-34(44)23-10-8-12-35-17-23)26(40)16-25(32(24)42)36-33(43)20(2)9-7-11-27(45-5)29(38-47-18-39)21(3)15-22(4)31(41)28(14-19)46-6/h7-12,15-19,22,27-29,31,38,41H,13-14H2,1-6H3,(H,36,43)(H,37,44)/b11-7-,20-9+,21-15+/t19-,22+,27+,28+,29+,31-/m1/s1. The van der Waals surface area contributed by atoms with Crippen molar-refractivity contribution < 1.29 is 43.4 Å². The summed E-state index contributed by atoms with van der Waals surface area (Å²) < 4.78 is 11.3. The van der Waals surface area contributed by atoms with Crippen LogP contribution in [0.5, 0.6) is 0 Å². The lowest BCUT2D eigenvalue weighted by molar-refractivity contribution is -0.138. The SMILES string of the molecule is CO[C@H]1/C=C\C=C(/C)C(=O)NC2=CC(=O)C(NC(=O)c3cccnc3)=C(C[C@@H](C)C[C@H](OC)[C@H](O)[C@@H](C)/C=C(\C)[C@@H]1NOC=O)C2=O. The fraction of sp³-hybridized carbons (Fsp3) is 0.412. The summed E-state index contributed by atoms with van der Waals surface area (Å²) in [6.45, 7) is 7.20. The number of rotatable bonds is 7. The molecule has 2 aliphatic rings. The van der Waals surface area contributed by atoms with Crippen LogP contribution in [0, 0.1) is 11.8 Å². The van der Waals surface area contributed by atoms with E-state index in [1.165, 1.54) is 45.7 Å². The molecule has 3 rings (SSSR count). The second-order valence-corrected chi connectivity index (χ2v) is 11.6. The van der Waals surface area contributed by atoms with Gasteiger partial charge in [0.2, 0.25) is 11.6 Å². The molecule has 0 saturated carbocycles. The number of hydrogen-bond donors (Lipinski definition) is 4. The van der Waals surface area contributed by atoms with Crippen molar-refractivity contribution in [3.05, 3.63) is 88.6 Å². The van der Waals surface area contributed by atoms with Crippen LogP contribution in [-0.4, -0.2) is 78.5 Å². The molecular formula is C34H42N4O9. The number of aliphatic hydroxyl groups excluding tert-OH is 1. The lowest BCUT2D eigenvalue weighted by Gasteiger charge is -2.30. The molecule has 13 heteroatoms. The number of aliphatic hydroxyl groups is 1. The van der Waals surface area contributed by atoms with Crippen molar-refractivity contribution in [1.29, 1.82) is 0 Å². The van der Waals surface area contributed by atoms with Crippen LogP contribution in [0.25, 0.3) is 0 Å². The van der Waals surface area contributed by atoms with E-state index in [0.29, 0.717) is 5.57 Å². The Bertz CT molecular complexity index is 1500. The van der Waals surface area contributed by atoms with Crippen molar-refractivity contribution >= 4 is 29.9 Å². The Morgan fingerprint density at radius 3 is 2.53 bits per heavy atom. The highest BCUT2D eigenvalue weighted by atomic mass is 16.7. The maximum Gasteiger partial charge on any atom is 0.312 e. The second-order valence-electron chi connectivity index (χ2n) is 11.6. The largest absolute Gasteiger partial charge is 0.390 e. The van der Waals surface area contributed by atoms with Crippen LogP contribution in [0.1, 0.15) is 50.9 Å². The number of carbonyl (C=O) groups excluding carboxylic acids is 5. The molecule has 0 fully saturated rings. The van der Waals surface area contributed by atoms with E-state index in [0.717, 1.165) is 6.08 Å². The van der Waals surface area contributed by atoms with E-state index in [-0.39, 0.29) is 53.3 Å². The fourth-order valence-electron chi connectivity index (χ4n) is 5.41. The van der Waals surface area contributed by atoms with Gasteiger partial charge in [-0.05, 0) is 44.7 Å². The molecule has 252 valence electrons. The Hall–Kier alpha value is -4.56. The van der Waals surface area contributed by atoms with E-state index >= 15 is 0 Å². The number of hydroxylamine groups is 1. The monoisotopic (exact) mass is 650 g/mol. The first-order valence-corrected chi connectivity index (χ1v) is 15.1. The average Bonchev–Trinajstić information content (AvgIpc) is 3.05. The van der Waals surface area contributed by atoms with Crippen LogP contribution >= 0.6 is 0 Å². The summed E-state index contributed by atoms with van der Waals surface area (Å²) in [5.74, 6) is -3.32. The molecule has 1 aromatic heterocycles. The van der Waals surface area contributed by atoms with Crippen LogP contribution < -0.4 is 16.1 Å². The van der Waals surface area contributed by atoms with E-state index < -0.39 is 53.7 Å². The van der Waals surface area contributed by atoms with E-state index in [1.54, 1.807) is 32.1 Å². The molecule has 13 nitrogen and oxygen atoms in total. The number of aromatic nitrogens is 1. The highest BCUT2D eigenvalue weighted by Gasteiger charge is 2.34. The molecule has 1 aliphatic heterocycles. The van der Waals surface area contributed by atoms with E-state index in [4.69, 9.17) is 14.3 Å². The van der Waals surface area contributed by atoms with Gasteiger partial charge in [-0.1, -0.05) is 43.7 Å². The normalized spacial score (nSPS) is 29.4. The van der Waals surface area contributed by atoms with E-state index in [9.17, 15) is 29.1 Å². The van der Waals surface area contributed by atoms with Gasteiger partial charge in [-0.15, -0.1) is 5.48 Å². The third-order valence-electron chi connectivity index (χ3n) is 8.03. The Morgan fingerprint density at radius 1 is 1.15 bits per heavy atom. The third-order valence-corrected chi connectivity index (χ3v) is 8.03. The molecule has 1 aromatic rings. The fourth-order valence-corrected chi connectivity index (χ4v) is 5.41. The Balaban J connectivity index is 2.08. The lowest BCUT2D eigenvalue weighted by atomic mass is 9.85. The number of amides is 2. The quantitative estimate of drug-likeness (QED) is 0.147. The number of hydrogen-bond acceptors (Lipinski definition) is 11. The predicted octanol–water partition coefficient (Wildman–Crippen LogP) is 2.17. The molecule has 47 heavy (non-hydrogen) atoms. The molecule has 6 atom stereocenters. The first-order valence-electron chi connectivity index (χ1n) is 15.1. The number of allylic oxidation sites excluding steroid dienone is 4. The molecule has 2 amide bonds. The van der Waals surface area contributed by atoms with E-state index in [1.807, 2.05) is 13.0 Å². The minimum atomic E-state index is -0.994.